The van der Waals surface area contributed by atoms with Gasteiger partial charge in [0.05, 0.1) is 0 Å². The van der Waals surface area contributed by atoms with Crippen molar-refractivity contribution in [3.63, 3.8) is 0 Å². The molecule has 1 saturated carbocycles. The molecule has 1 heterocycles. The number of pyridine rings is 1. The maximum absolute atomic E-state index is 5.84. The lowest BCUT2D eigenvalue weighted by Crippen LogP contribution is -2.33. The van der Waals surface area contributed by atoms with Crippen molar-refractivity contribution in [1.82, 2.24) is 4.98 Å². The van der Waals surface area contributed by atoms with Crippen molar-refractivity contribution in [2.24, 2.45) is 11.7 Å². The quantitative estimate of drug-likeness (QED) is 0.905. The first-order chi connectivity index (χ1) is 9.70. The van der Waals surface area contributed by atoms with Gasteiger partial charge in [-0.3, -0.25) is 0 Å². The highest BCUT2D eigenvalue weighted by Gasteiger charge is 2.27. The van der Waals surface area contributed by atoms with Crippen LogP contribution in [0.15, 0.2) is 30.5 Å². The van der Waals surface area contributed by atoms with Crippen LogP contribution in [0, 0.1) is 5.92 Å². The minimum atomic E-state index is 0.468. The minimum absolute atomic E-state index is 0.468. The monoisotopic (exact) mass is 269 g/mol. The van der Waals surface area contributed by atoms with Crippen molar-refractivity contribution in [1.29, 1.82) is 0 Å². The Hall–Kier alpha value is -1.61. The Morgan fingerprint density at radius 1 is 1.25 bits per heavy atom. The molecule has 0 saturated heterocycles. The van der Waals surface area contributed by atoms with Crippen molar-refractivity contribution in [3.8, 4) is 0 Å². The number of hydrogen-bond acceptors (Lipinski definition) is 3. The molecule has 2 aromatic rings. The predicted octanol–water partition coefficient (Wildman–Crippen LogP) is 3.32. The molecule has 0 spiro atoms. The zero-order valence-corrected chi connectivity index (χ0v) is 12.3. The third kappa shape index (κ3) is 2.50. The van der Waals surface area contributed by atoms with Crippen LogP contribution in [-0.2, 0) is 6.54 Å². The number of fused-ring (bicyclic) bond motifs is 1. The van der Waals surface area contributed by atoms with E-state index < -0.39 is 0 Å². The van der Waals surface area contributed by atoms with Crippen LogP contribution in [0.1, 0.15) is 32.3 Å². The Bertz CT molecular complexity index is 602. The molecule has 3 heteroatoms. The minimum Gasteiger partial charge on any atom is -0.353 e. The molecule has 0 radical (unpaired) electrons. The second kappa shape index (κ2) is 5.41. The molecule has 3 rings (SSSR count). The van der Waals surface area contributed by atoms with Gasteiger partial charge in [-0.2, -0.15) is 0 Å². The highest BCUT2D eigenvalue weighted by molar-refractivity contribution is 5.94. The molecule has 1 aliphatic rings. The van der Waals surface area contributed by atoms with Gasteiger partial charge >= 0.3 is 0 Å². The third-order valence-electron chi connectivity index (χ3n) is 4.12. The van der Waals surface area contributed by atoms with E-state index in [4.69, 9.17) is 10.7 Å². The molecule has 1 fully saturated rings. The average molecular weight is 269 g/mol. The molecule has 3 nitrogen and oxygen atoms in total. The number of hydrogen-bond donors (Lipinski definition) is 1. The second-order valence-corrected chi connectivity index (χ2v) is 6.05. The summed E-state index contributed by atoms with van der Waals surface area (Å²) >= 11 is 0. The predicted molar refractivity (Wildman–Crippen MR) is 84.8 cm³/mol. The molecule has 0 atom stereocenters. The molecule has 106 valence electrons. The largest absolute Gasteiger partial charge is 0.353 e. The summed E-state index contributed by atoms with van der Waals surface area (Å²) in [5, 5.41) is 2.46. The van der Waals surface area contributed by atoms with E-state index in [2.05, 4.69) is 43.0 Å². The fourth-order valence-electron chi connectivity index (χ4n) is 2.75. The first-order valence-corrected chi connectivity index (χ1v) is 7.54. The number of benzene rings is 1. The Labute approximate surface area is 120 Å². The van der Waals surface area contributed by atoms with Crippen LogP contribution in [0.2, 0.25) is 0 Å². The van der Waals surface area contributed by atoms with E-state index in [1.807, 2.05) is 6.20 Å². The maximum atomic E-state index is 5.84. The van der Waals surface area contributed by atoms with Gasteiger partial charge in [0.25, 0.3) is 0 Å². The smallest absolute Gasteiger partial charge is 0.136 e. The molecular weight excluding hydrogens is 246 g/mol. The standard InChI is InChI=1S/C17H23N3/c1-12(2)20(11-13-7-8-13)17-16-6-4-3-5-15(16)14(9-18)10-19-17/h3-6,10,12-13H,7-9,11,18H2,1-2H3. The third-order valence-corrected chi connectivity index (χ3v) is 4.12. The van der Waals surface area contributed by atoms with Crippen molar-refractivity contribution in [2.75, 3.05) is 11.4 Å². The fourth-order valence-corrected chi connectivity index (χ4v) is 2.75. The summed E-state index contributed by atoms with van der Waals surface area (Å²) in [6, 6.07) is 8.95. The molecule has 0 unspecified atom stereocenters. The van der Waals surface area contributed by atoms with Gasteiger partial charge < -0.3 is 10.6 Å². The molecular formula is C17H23N3. The summed E-state index contributed by atoms with van der Waals surface area (Å²) in [5.74, 6) is 1.96. The van der Waals surface area contributed by atoms with Crippen LogP contribution in [0.4, 0.5) is 5.82 Å². The van der Waals surface area contributed by atoms with E-state index in [1.165, 1.54) is 23.6 Å². The normalized spacial score (nSPS) is 15.0. The molecule has 0 amide bonds. The average Bonchev–Trinajstić information content (AvgIpc) is 3.27. The van der Waals surface area contributed by atoms with E-state index >= 15 is 0 Å². The molecule has 0 aliphatic heterocycles. The van der Waals surface area contributed by atoms with Gasteiger partial charge in [-0.05, 0) is 43.6 Å². The van der Waals surface area contributed by atoms with E-state index in [0.717, 1.165) is 23.8 Å². The van der Waals surface area contributed by atoms with Gasteiger partial charge in [-0.25, -0.2) is 4.98 Å². The van der Waals surface area contributed by atoms with Gasteiger partial charge in [0.1, 0.15) is 5.82 Å². The van der Waals surface area contributed by atoms with Crippen molar-refractivity contribution >= 4 is 16.6 Å². The Balaban J connectivity index is 2.09. The number of nitrogens with two attached hydrogens (primary N) is 1. The molecule has 2 N–H and O–H groups in total. The van der Waals surface area contributed by atoms with Gasteiger partial charge in [0.2, 0.25) is 0 Å². The number of aromatic nitrogens is 1. The van der Waals surface area contributed by atoms with E-state index in [9.17, 15) is 0 Å². The van der Waals surface area contributed by atoms with E-state index in [0.29, 0.717) is 12.6 Å². The lowest BCUT2D eigenvalue weighted by atomic mass is 10.1. The summed E-state index contributed by atoms with van der Waals surface area (Å²) in [7, 11) is 0. The fraction of sp³-hybridized carbons (Fsp3) is 0.471. The summed E-state index contributed by atoms with van der Waals surface area (Å²) in [5.41, 5.74) is 6.96. The molecule has 20 heavy (non-hydrogen) atoms. The van der Waals surface area contributed by atoms with Crippen LogP contribution in [0.25, 0.3) is 10.8 Å². The lowest BCUT2D eigenvalue weighted by Gasteiger charge is -2.29. The SMILES string of the molecule is CC(C)N(CC1CC1)c1ncc(CN)c2ccccc12. The van der Waals surface area contributed by atoms with Crippen molar-refractivity contribution in [3.05, 3.63) is 36.0 Å². The Morgan fingerprint density at radius 3 is 2.55 bits per heavy atom. The number of rotatable bonds is 5. The molecule has 1 aromatic heterocycles. The summed E-state index contributed by atoms with van der Waals surface area (Å²) < 4.78 is 0. The number of anilines is 1. The zero-order valence-electron chi connectivity index (χ0n) is 12.3. The zero-order chi connectivity index (χ0) is 14.1. The first kappa shape index (κ1) is 13.4. The van der Waals surface area contributed by atoms with E-state index in [-0.39, 0.29) is 0 Å². The first-order valence-electron chi connectivity index (χ1n) is 7.54. The topological polar surface area (TPSA) is 42.2 Å². The highest BCUT2D eigenvalue weighted by Crippen LogP contribution is 2.34. The van der Waals surface area contributed by atoms with Crippen LogP contribution in [-0.4, -0.2) is 17.6 Å². The Kier molecular flexibility index (Phi) is 3.62. The Morgan fingerprint density at radius 2 is 1.95 bits per heavy atom. The van der Waals surface area contributed by atoms with Crippen molar-refractivity contribution in [2.45, 2.75) is 39.3 Å². The highest BCUT2D eigenvalue weighted by atomic mass is 15.2. The second-order valence-electron chi connectivity index (χ2n) is 6.05. The van der Waals surface area contributed by atoms with Crippen LogP contribution < -0.4 is 10.6 Å². The maximum Gasteiger partial charge on any atom is 0.136 e. The van der Waals surface area contributed by atoms with E-state index in [1.54, 1.807) is 0 Å². The van der Waals surface area contributed by atoms with Crippen molar-refractivity contribution < 1.29 is 0 Å². The summed E-state index contributed by atoms with van der Waals surface area (Å²) in [6.07, 6.45) is 4.67. The summed E-state index contributed by atoms with van der Waals surface area (Å²) in [6.45, 7) is 6.15. The van der Waals surface area contributed by atoms with Gasteiger partial charge in [0.15, 0.2) is 0 Å². The van der Waals surface area contributed by atoms with Crippen LogP contribution in [0.5, 0.6) is 0 Å². The lowest BCUT2D eigenvalue weighted by molar-refractivity contribution is 0.639. The van der Waals surface area contributed by atoms with Crippen LogP contribution in [0.3, 0.4) is 0 Å². The molecule has 1 aliphatic carbocycles. The number of nitrogens with zero attached hydrogens (tertiary/aromatic N) is 2. The van der Waals surface area contributed by atoms with Gasteiger partial charge in [-0.1, -0.05) is 24.3 Å². The van der Waals surface area contributed by atoms with Gasteiger partial charge in [-0.15, -0.1) is 0 Å². The summed E-state index contributed by atoms with van der Waals surface area (Å²) in [4.78, 5) is 7.17. The van der Waals surface area contributed by atoms with Crippen LogP contribution >= 0.6 is 0 Å². The molecule has 0 bridgehead atoms. The van der Waals surface area contributed by atoms with Gasteiger partial charge in [0, 0.05) is 30.7 Å². The molecule has 1 aromatic carbocycles.